The average molecular weight is 413 g/mol. The van der Waals surface area contributed by atoms with Gasteiger partial charge in [0.05, 0.1) is 13.2 Å². The zero-order valence-corrected chi connectivity index (χ0v) is 16.0. The minimum Gasteiger partial charge on any atom is -0.394 e. The number of aliphatic hydroxyl groups excluding tert-OH is 4. The number of benzene rings is 2. The number of aliphatic hydroxyl groups is 4. The van der Waals surface area contributed by atoms with Crippen molar-refractivity contribution >= 4 is 35.4 Å². The van der Waals surface area contributed by atoms with Gasteiger partial charge in [0, 0.05) is 10.0 Å². The summed E-state index contributed by atoms with van der Waals surface area (Å²) in [6.45, 7) is -0.408. The van der Waals surface area contributed by atoms with Crippen LogP contribution in [0.25, 0.3) is 12.2 Å². The van der Waals surface area contributed by atoms with E-state index < -0.39 is 24.4 Å². The van der Waals surface area contributed by atoms with Crippen molar-refractivity contribution in [3.8, 4) is 0 Å². The molecule has 0 aliphatic carbocycles. The molecule has 3 rings (SSSR count). The molecule has 3 unspecified atom stereocenters. The first-order chi connectivity index (χ1) is 12.9. The average Bonchev–Trinajstić information content (AvgIpc) is 2.65. The molecule has 0 radical (unpaired) electrons. The molecule has 4 N–H and O–H groups in total. The van der Waals surface area contributed by atoms with Crippen molar-refractivity contribution in [2.24, 2.45) is 0 Å². The quantitative estimate of drug-likeness (QED) is 0.581. The van der Waals surface area contributed by atoms with Gasteiger partial charge in [0.25, 0.3) is 0 Å². The lowest BCUT2D eigenvalue weighted by Crippen LogP contribution is -2.53. The van der Waals surface area contributed by atoms with E-state index in [0.717, 1.165) is 11.1 Å². The summed E-state index contributed by atoms with van der Waals surface area (Å²) < 4.78 is 4.81. The van der Waals surface area contributed by atoms with Gasteiger partial charge in [-0.3, -0.25) is 0 Å². The summed E-state index contributed by atoms with van der Waals surface area (Å²) in [5.74, 6) is 0. The monoisotopic (exact) mass is 412 g/mol. The molecular formula is C20H22Cl2O5. The van der Waals surface area contributed by atoms with Crippen LogP contribution in [0.2, 0.25) is 10.0 Å². The summed E-state index contributed by atoms with van der Waals surface area (Å²) >= 11 is 11.8. The normalized spacial score (nSPS) is 25.1. The molecule has 0 saturated carbocycles. The van der Waals surface area contributed by atoms with E-state index in [-0.39, 0.29) is 13.2 Å². The summed E-state index contributed by atoms with van der Waals surface area (Å²) in [4.78, 5) is 0. The van der Waals surface area contributed by atoms with Crippen LogP contribution in [0.3, 0.4) is 0 Å². The second-order valence-corrected chi connectivity index (χ2v) is 6.92. The maximum atomic E-state index is 9.11. The van der Waals surface area contributed by atoms with E-state index in [2.05, 4.69) is 0 Å². The number of ether oxygens (including phenoxy) is 1. The first-order valence-corrected chi connectivity index (χ1v) is 9.12. The molecule has 1 saturated heterocycles. The predicted molar refractivity (Wildman–Crippen MR) is 107 cm³/mol. The third kappa shape index (κ3) is 6.90. The third-order valence-corrected chi connectivity index (χ3v) is 4.38. The standard InChI is InChI=1S/C14H10Cl2.C6H12O5/c15-13-8-12(9-14(16)10-13)7-6-11-4-2-1-3-5-11;7-1-4-6(10)5(9)3(8)2-11-4/h1-10H;3-10H,1-2H2/b7-6+;/t;3?,4?,5?,6-/m.1/s1. The fourth-order valence-electron chi connectivity index (χ4n) is 2.46. The van der Waals surface area contributed by atoms with Gasteiger partial charge in [-0.2, -0.15) is 0 Å². The molecule has 2 aromatic rings. The Labute approximate surface area is 168 Å². The number of rotatable bonds is 3. The molecule has 1 aliphatic rings. The second kappa shape index (κ2) is 10.8. The Morgan fingerprint density at radius 3 is 2.07 bits per heavy atom. The number of hydrogen-bond acceptors (Lipinski definition) is 5. The molecule has 0 bridgehead atoms. The zero-order chi connectivity index (χ0) is 19.8. The van der Waals surface area contributed by atoms with Crippen LogP contribution in [0.15, 0.2) is 48.5 Å². The third-order valence-electron chi connectivity index (χ3n) is 3.94. The second-order valence-electron chi connectivity index (χ2n) is 6.05. The predicted octanol–water partition coefficient (Wildman–Crippen LogP) is 2.62. The Morgan fingerprint density at radius 1 is 0.889 bits per heavy atom. The van der Waals surface area contributed by atoms with E-state index in [4.69, 9.17) is 48.4 Å². The summed E-state index contributed by atoms with van der Waals surface area (Å²) in [7, 11) is 0. The fraction of sp³-hybridized carbons (Fsp3) is 0.300. The maximum absolute atomic E-state index is 9.11. The lowest BCUT2D eigenvalue weighted by molar-refractivity contribution is -0.195. The van der Waals surface area contributed by atoms with Gasteiger partial charge >= 0.3 is 0 Å². The van der Waals surface area contributed by atoms with Crippen molar-refractivity contribution in [2.75, 3.05) is 13.2 Å². The topological polar surface area (TPSA) is 90.2 Å². The van der Waals surface area contributed by atoms with Crippen LogP contribution in [-0.2, 0) is 4.74 Å². The largest absolute Gasteiger partial charge is 0.394 e. The summed E-state index contributed by atoms with van der Waals surface area (Å²) in [5.41, 5.74) is 2.15. The maximum Gasteiger partial charge on any atom is 0.111 e. The van der Waals surface area contributed by atoms with Crippen molar-refractivity contribution in [3.05, 3.63) is 69.7 Å². The molecule has 0 aromatic heterocycles. The van der Waals surface area contributed by atoms with Gasteiger partial charge in [0.15, 0.2) is 0 Å². The summed E-state index contributed by atoms with van der Waals surface area (Å²) in [6.07, 6.45) is -0.249. The molecule has 1 aliphatic heterocycles. The zero-order valence-electron chi connectivity index (χ0n) is 14.5. The van der Waals surface area contributed by atoms with E-state index in [9.17, 15) is 0 Å². The molecule has 0 spiro atoms. The van der Waals surface area contributed by atoms with Gasteiger partial charge in [-0.1, -0.05) is 65.7 Å². The Kier molecular flexibility index (Phi) is 8.73. The highest BCUT2D eigenvalue weighted by atomic mass is 35.5. The summed E-state index contributed by atoms with van der Waals surface area (Å²) in [6, 6.07) is 15.6. The molecule has 146 valence electrons. The Balaban J connectivity index is 0.000000208. The van der Waals surface area contributed by atoms with Crippen molar-refractivity contribution in [1.29, 1.82) is 0 Å². The molecule has 7 heteroatoms. The van der Waals surface area contributed by atoms with Gasteiger partial charge in [-0.25, -0.2) is 0 Å². The van der Waals surface area contributed by atoms with Gasteiger partial charge in [0.2, 0.25) is 0 Å². The Bertz CT molecular complexity index is 716. The highest BCUT2D eigenvalue weighted by Gasteiger charge is 2.36. The molecule has 5 nitrogen and oxygen atoms in total. The Hall–Kier alpha value is -1.44. The van der Waals surface area contributed by atoms with Crippen LogP contribution in [0.5, 0.6) is 0 Å². The van der Waals surface area contributed by atoms with Crippen molar-refractivity contribution in [3.63, 3.8) is 0 Å². The van der Waals surface area contributed by atoms with Crippen molar-refractivity contribution in [2.45, 2.75) is 24.4 Å². The minimum atomic E-state index is -1.22. The van der Waals surface area contributed by atoms with Crippen molar-refractivity contribution < 1.29 is 25.2 Å². The number of halogens is 2. The molecule has 2 aromatic carbocycles. The molecule has 27 heavy (non-hydrogen) atoms. The van der Waals surface area contributed by atoms with E-state index in [1.165, 1.54) is 0 Å². The molecule has 0 amide bonds. The van der Waals surface area contributed by atoms with Gasteiger partial charge in [0.1, 0.15) is 24.4 Å². The van der Waals surface area contributed by atoms with Crippen LogP contribution >= 0.6 is 23.2 Å². The minimum absolute atomic E-state index is 0.0521. The van der Waals surface area contributed by atoms with Crippen LogP contribution in [0.4, 0.5) is 0 Å². The van der Waals surface area contributed by atoms with Crippen LogP contribution < -0.4 is 0 Å². The summed E-state index contributed by atoms with van der Waals surface area (Å²) in [5, 5.41) is 37.0. The molecular weight excluding hydrogens is 391 g/mol. The van der Waals surface area contributed by atoms with E-state index in [1.54, 1.807) is 6.07 Å². The smallest absolute Gasteiger partial charge is 0.111 e. The SMILES string of the molecule is Clc1cc(Cl)cc(/C=C/c2ccccc2)c1.OCC1OCC(O)C(O)[C@@H]1O. The van der Waals surface area contributed by atoms with Crippen LogP contribution in [0, 0.1) is 0 Å². The number of hydrogen-bond donors (Lipinski definition) is 4. The highest BCUT2D eigenvalue weighted by molar-refractivity contribution is 6.34. The lowest BCUT2D eigenvalue weighted by atomic mass is 10.0. The van der Waals surface area contributed by atoms with E-state index in [0.29, 0.717) is 10.0 Å². The van der Waals surface area contributed by atoms with Crippen LogP contribution in [0.1, 0.15) is 11.1 Å². The van der Waals surface area contributed by atoms with Gasteiger partial charge in [-0.15, -0.1) is 0 Å². The molecule has 1 fully saturated rings. The fourth-order valence-corrected chi connectivity index (χ4v) is 3.00. The van der Waals surface area contributed by atoms with E-state index >= 15 is 0 Å². The first kappa shape index (κ1) is 21.9. The molecule has 1 heterocycles. The lowest BCUT2D eigenvalue weighted by Gasteiger charge is -2.34. The van der Waals surface area contributed by atoms with Gasteiger partial charge < -0.3 is 25.2 Å². The van der Waals surface area contributed by atoms with Crippen LogP contribution in [-0.4, -0.2) is 58.1 Å². The van der Waals surface area contributed by atoms with Crippen molar-refractivity contribution in [1.82, 2.24) is 0 Å². The highest BCUT2D eigenvalue weighted by Crippen LogP contribution is 2.20. The Morgan fingerprint density at radius 2 is 1.48 bits per heavy atom. The van der Waals surface area contributed by atoms with Gasteiger partial charge in [-0.05, 0) is 29.3 Å². The van der Waals surface area contributed by atoms with E-state index in [1.807, 2.05) is 54.6 Å². The first-order valence-electron chi connectivity index (χ1n) is 8.36. The molecule has 4 atom stereocenters.